The number of carbonyl (C=O) groups is 2. The Balaban J connectivity index is -0.000000548. The molecule has 10 nitrogen and oxygen atoms in total. The van der Waals surface area contributed by atoms with Crippen LogP contribution in [0.5, 0.6) is 0 Å². The average Bonchev–Trinajstić information content (AvgIpc) is 2.96. The van der Waals surface area contributed by atoms with Gasteiger partial charge in [0.15, 0.2) is 0 Å². The summed E-state index contributed by atoms with van der Waals surface area (Å²) in [5, 5.41) is 42.4. The quantitative estimate of drug-likeness (QED) is 0.0881. The van der Waals surface area contributed by atoms with Crippen LogP contribution in [0, 0.1) is 0 Å². The van der Waals surface area contributed by atoms with Crippen LogP contribution >= 0.6 is 0 Å². The molecule has 2 aromatic heterocycles. The Bertz CT molecular complexity index is 1270. The standard InChI is InChI=1S/2C7H8N2O.2C5H2F6O2.Cu/c2*1-6(9-10)7-3-2-4-8-5-7;2*6-4(7,8)2(12)1-3(13)5(9,10)11;/h2*2-5,10H,1H3;2*1,12H;/q;;;;+2/p-2/b2*9-6+;2*2-1-;. The van der Waals surface area contributed by atoms with E-state index in [0.29, 0.717) is 11.4 Å². The van der Waals surface area contributed by atoms with Crippen LogP contribution in [0.25, 0.3) is 0 Å². The zero-order valence-electron chi connectivity index (χ0n) is 22.9. The van der Waals surface area contributed by atoms with Gasteiger partial charge in [-0.1, -0.05) is 10.3 Å². The third kappa shape index (κ3) is 20.9. The van der Waals surface area contributed by atoms with E-state index in [1.54, 1.807) is 50.8 Å². The van der Waals surface area contributed by atoms with Crippen molar-refractivity contribution in [2.75, 3.05) is 0 Å². The number of allylic oxidation sites excluding steroid dienone is 4. The fraction of sp³-hybridized carbons (Fsp3) is 0.250. The molecule has 47 heavy (non-hydrogen) atoms. The van der Waals surface area contributed by atoms with E-state index in [1.807, 2.05) is 12.1 Å². The summed E-state index contributed by atoms with van der Waals surface area (Å²) in [6.45, 7) is 3.44. The molecule has 0 aliphatic heterocycles. The van der Waals surface area contributed by atoms with Gasteiger partial charge in [-0.3, -0.25) is 19.6 Å². The molecule has 0 fully saturated rings. The van der Waals surface area contributed by atoms with Crippen LogP contribution in [0.2, 0.25) is 0 Å². The largest absolute Gasteiger partial charge is 2.00 e. The molecular weight excluding hydrogens is 732 g/mol. The van der Waals surface area contributed by atoms with E-state index < -0.39 is 59.9 Å². The molecule has 0 aromatic carbocycles. The second-order valence-electron chi connectivity index (χ2n) is 7.59. The maximum atomic E-state index is 11.3. The molecule has 1 radical (unpaired) electrons. The van der Waals surface area contributed by atoms with Gasteiger partial charge in [-0.15, -0.1) is 0 Å². The van der Waals surface area contributed by atoms with Crippen molar-refractivity contribution in [1.82, 2.24) is 9.97 Å². The molecule has 0 unspecified atom stereocenters. The predicted molar refractivity (Wildman–Crippen MR) is 127 cm³/mol. The predicted octanol–water partition coefficient (Wildman–Crippen LogP) is 4.41. The monoisotopic (exact) mass is 749 g/mol. The van der Waals surface area contributed by atoms with Gasteiger partial charge in [-0.2, -0.15) is 52.7 Å². The fourth-order valence-corrected chi connectivity index (χ4v) is 1.83. The number of aromatic nitrogens is 2. The van der Waals surface area contributed by atoms with Crippen LogP contribution in [-0.2, 0) is 26.7 Å². The maximum Gasteiger partial charge on any atom is 2.00 e. The van der Waals surface area contributed by atoms with E-state index in [9.17, 15) is 72.5 Å². The van der Waals surface area contributed by atoms with E-state index in [4.69, 9.17) is 10.4 Å². The second kappa shape index (κ2) is 20.5. The SMILES string of the molecule is C/C(=N\O)c1cccnc1.C/C(=N\O)c1cccnc1.O=C(/C=C(\[O-])C(F)(F)F)C(F)(F)F.O=C(/C=C(\[O-])C(F)(F)F)C(F)(F)F.[Cu+2]. The first-order chi connectivity index (χ1) is 20.8. The Morgan fingerprint density at radius 2 is 0.915 bits per heavy atom. The van der Waals surface area contributed by atoms with Crippen molar-refractivity contribution in [1.29, 1.82) is 0 Å². The molecule has 0 spiro atoms. The first-order valence-corrected chi connectivity index (χ1v) is 11.1. The molecule has 265 valence electrons. The summed E-state index contributed by atoms with van der Waals surface area (Å²) in [5.41, 5.74) is 2.83. The first kappa shape index (κ1) is 46.8. The summed E-state index contributed by atoms with van der Waals surface area (Å²) >= 11 is 0. The minimum Gasteiger partial charge on any atom is -0.869 e. The number of hydrogen-bond donors (Lipinski definition) is 2. The van der Waals surface area contributed by atoms with Gasteiger partial charge in [0, 0.05) is 35.9 Å². The van der Waals surface area contributed by atoms with E-state index in [2.05, 4.69) is 20.3 Å². The summed E-state index contributed by atoms with van der Waals surface area (Å²) in [6.07, 6.45) is -17.2. The van der Waals surface area contributed by atoms with Crippen LogP contribution < -0.4 is 10.2 Å². The van der Waals surface area contributed by atoms with Crippen molar-refractivity contribution in [3.63, 3.8) is 0 Å². The first-order valence-electron chi connectivity index (χ1n) is 11.1. The molecule has 0 atom stereocenters. The molecule has 2 aromatic rings. The number of carbonyl (C=O) groups excluding carboxylic acids is 2. The van der Waals surface area contributed by atoms with Crippen molar-refractivity contribution >= 4 is 23.0 Å². The Morgan fingerprint density at radius 3 is 1.09 bits per heavy atom. The van der Waals surface area contributed by atoms with Crippen molar-refractivity contribution in [2.24, 2.45) is 10.3 Å². The van der Waals surface area contributed by atoms with Crippen LogP contribution in [0.15, 0.2) is 83.0 Å². The number of halogens is 12. The molecule has 0 aliphatic rings. The fourth-order valence-electron chi connectivity index (χ4n) is 1.83. The van der Waals surface area contributed by atoms with Crippen LogP contribution in [0.3, 0.4) is 0 Å². The number of nitrogens with zero attached hydrogens (tertiary/aromatic N) is 4. The molecule has 23 heteroatoms. The Kier molecular flexibility index (Phi) is 20.4. The number of hydrogen-bond acceptors (Lipinski definition) is 10. The van der Waals surface area contributed by atoms with E-state index in [-0.39, 0.29) is 17.1 Å². The number of pyridine rings is 2. The molecule has 0 amide bonds. The minimum atomic E-state index is -5.46. The molecule has 0 bridgehead atoms. The third-order valence-corrected chi connectivity index (χ3v) is 4.10. The van der Waals surface area contributed by atoms with Gasteiger partial charge in [-0.05, 0) is 61.8 Å². The van der Waals surface area contributed by atoms with E-state index >= 15 is 0 Å². The van der Waals surface area contributed by atoms with Crippen molar-refractivity contribution in [2.45, 2.75) is 38.6 Å². The van der Waals surface area contributed by atoms with Gasteiger partial charge < -0.3 is 20.6 Å². The zero-order chi connectivity index (χ0) is 36.5. The maximum absolute atomic E-state index is 11.3. The third-order valence-electron chi connectivity index (χ3n) is 4.10. The summed E-state index contributed by atoms with van der Waals surface area (Å²) in [7, 11) is 0. The molecule has 0 saturated carbocycles. The summed E-state index contributed by atoms with van der Waals surface area (Å²) < 4.78 is 136. The minimum absolute atomic E-state index is 0. The van der Waals surface area contributed by atoms with Gasteiger partial charge in [0.2, 0.25) is 0 Å². The normalized spacial score (nSPS) is 12.9. The molecule has 2 N–H and O–H groups in total. The van der Waals surface area contributed by atoms with Crippen LogP contribution in [0.4, 0.5) is 52.7 Å². The second-order valence-corrected chi connectivity index (χ2v) is 7.59. The van der Waals surface area contributed by atoms with Crippen molar-refractivity contribution in [3.05, 3.63) is 83.9 Å². The summed E-state index contributed by atoms with van der Waals surface area (Å²) in [5.74, 6) is -11.3. The van der Waals surface area contributed by atoms with Crippen LogP contribution in [-0.4, -0.2) is 68.1 Å². The topological polar surface area (TPSA) is 171 Å². The van der Waals surface area contributed by atoms with Gasteiger partial charge in [0.25, 0.3) is 11.6 Å². The number of alkyl halides is 12. The zero-order valence-corrected chi connectivity index (χ0v) is 23.9. The molecule has 0 saturated heterocycles. The van der Waals surface area contributed by atoms with E-state index in [0.717, 1.165) is 11.1 Å². The Labute approximate surface area is 265 Å². The van der Waals surface area contributed by atoms with Crippen molar-refractivity contribution in [3.8, 4) is 0 Å². The van der Waals surface area contributed by atoms with Crippen molar-refractivity contribution < 1.29 is 100.0 Å². The van der Waals surface area contributed by atoms with Crippen LogP contribution in [0.1, 0.15) is 25.0 Å². The molecule has 2 rings (SSSR count). The summed E-state index contributed by atoms with van der Waals surface area (Å²) in [4.78, 5) is 27.4. The molecular formula is C24H18CuF12N4O6. The Morgan fingerprint density at radius 1 is 0.638 bits per heavy atom. The van der Waals surface area contributed by atoms with Gasteiger partial charge in [0.1, 0.15) is 0 Å². The van der Waals surface area contributed by atoms with E-state index in [1.165, 1.54) is 0 Å². The molecule has 0 aliphatic carbocycles. The van der Waals surface area contributed by atoms with Gasteiger partial charge in [0.05, 0.1) is 11.4 Å². The van der Waals surface area contributed by atoms with Gasteiger partial charge in [-0.25, -0.2) is 0 Å². The number of rotatable bonds is 4. The summed E-state index contributed by atoms with van der Waals surface area (Å²) in [6, 6.07) is 7.26. The smallest absolute Gasteiger partial charge is 0.869 e. The average molecular weight is 750 g/mol. The number of oxime groups is 2. The number of ketones is 2. The molecule has 2 heterocycles. The Hall–Kier alpha value is -4.66. The van der Waals surface area contributed by atoms with Gasteiger partial charge >= 0.3 is 41.8 Å².